The van der Waals surface area contributed by atoms with Gasteiger partial charge in [-0.1, -0.05) is 108 Å². The van der Waals surface area contributed by atoms with Gasteiger partial charge in [0.05, 0.1) is 5.41 Å². The summed E-state index contributed by atoms with van der Waals surface area (Å²) >= 11 is 7.63. The molecule has 0 saturated heterocycles. The van der Waals surface area contributed by atoms with Crippen LogP contribution in [-0.4, -0.2) is 10.2 Å². The van der Waals surface area contributed by atoms with Gasteiger partial charge in [-0.2, -0.15) is 0 Å². The third-order valence-corrected chi connectivity index (χ3v) is 11.0. The summed E-state index contributed by atoms with van der Waals surface area (Å²) in [5.74, 6) is 0.486. The molecule has 2 nitrogen and oxygen atoms in total. The lowest BCUT2D eigenvalue weighted by Gasteiger charge is -2.35. The Morgan fingerprint density at radius 1 is 0.500 bits per heavy atom. The summed E-state index contributed by atoms with van der Waals surface area (Å²) in [4.78, 5) is 0. The van der Waals surface area contributed by atoms with E-state index in [1.165, 1.54) is 70.2 Å². The Morgan fingerprint density at radius 3 is 1.43 bits per heavy atom. The standard InChI is InChI=1S/C40H36Br2O2/c1-3-5-19-39(20-6-4-2)35-21-27(41)11-17-31(35)33-24-38-34(23-36(33)39)32-18-12-28(42)22-37(32)40(38,25-7-13-29(43)14-8-25)26-9-15-30(44)16-10-26/h7-18,21-24,43-44H,3-6,19-20H2,1-2H3. The maximum atomic E-state index is 10.3. The lowest BCUT2D eigenvalue weighted by Crippen LogP contribution is -2.29. The van der Waals surface area contributed by atoms with E-state index in [1.807, 2.05) is 24.3 Å². The van der Waals surface area contributed by atoms with Crippen molar-refractivity contribution >= 4 is 31.9 Å². The van der Waals surface area contributed by atoms with Crippen molar-refractivity contribution in [1.82, 2.24) is 0 Å². The number of phenolic OH excluding ortho intramolecular Hbond substituents is 2. The first-order valence-electron chi connectivity index (χ1n) is 15.7. The van der Waals surface area contributed by atoms with E-state index in [9.17, 15) is 10.2 Å². The zero-order valence-corrected chi connectivity index (χ0v) is 28.3. The van der Waals surface area contributed by atoms with Gasteiger partial charge in [-0.25, -0.2) is 0 Å². The lowest BCUT2D eigenvalue weighted by atomic mass is 9.66. The molecular formula is C40H36Br2O2. The normalized spacial score (nSPS) is 15.0. The summed E-state index contributed by atoms with van der Waals surface area (Å²) in [6, 6.07) is 33.9. The first-order chi connectivity index (χ1) is 21.3. The van der Waals surface area contributed by atoms with Crippen molar-refractivity contribution < 1.29 is 10.2 Å². The van der Waals surface area contributed by atoms with E-state index in [2.05, 4.69) is 94.2 Å². The van der Waals surface area contributed by atoms with Crippen LogP contribution < -0.4 is 0 Å². The second-order valence-corrected chi connectivity index (χ2v) is 14.3. The minimum absolute atomic E-state index is 0.0344. The third kappa shape index (κ3) is 4.32. The van der Waals surface area contributed by atoms with Crippen molar-refractivity contribution in [1.29, 1.82) is 0 Å². The molecule has 0 aliphatic heterocycles. The van der Waals surface area contributed by atoms with Crippen molar-refractivity contribution in [3.63, 3.8) is 0 Å². The van der Waals surface area contributed by atoms with E-state index in [0.29, 0.717) is 0 Å². The number of unbranched alkanes of at least 4 members (excludes halogenated alkanes) is 2. The highest BCUT2D eigenvalue weighted by Gasteiger charge is 2.50. The topological polar surface area (TPSA) is 40.5 Å². The van der Waals surface area contributed by atoms with Gasteiger partial charge in [-0.05, 0) is 129 Å². The highest BCUT2D eigenvalue weighted by Crippen LogP contribution is 2.62. The highest BCUT2D eigenvalue weighted by molar-refractivity contribution is 9.10. The van der Waals surface area contributed by atoms with Crippen molar-refractivity contribution in [2.24, 2.45) is 0 Å². The van der Waals surface area contributed by atoms with Crippen LogP contribution in [0.4, 0.5) is 0 Å². The van der Waals surface area contributed by atoms with Crippen LogP contribution in [0.3, 0.4) is 0 Å². The molecule has 0 fully saturated rings. The summed E-state index contributed by atoms with van der Waals surface area (Å²) in [5, 5.41) is 20.7. The van der Waals surface area contributed by atoms with Gasteiger partial charge < -0.3 is 10.2 Å². The Hall–Kier alpha value is -3.34. The van der Waals surface area contributed by atoms with Gasteiger partial charge in [-0.15, -0.1) is 0 Å². The Bertz CT molecular complexity index is 1820. The molecule has 2 aliphatic rings. The molecule has 4 heteroatoms. The molecule has 222 valence electrons. The second kappa shape index (κ2) is 11.2. The molecule has 0 amide bonds. The number of benzene rings is 5. The van der Waals surface area contributed by atoms with E-state index in [4.69, 9.17) is 0 Å². The minimum atomic E-state index is -0.640. The average Bonchev–Trinajstić information content (AvgIpc) is 3.45. The largest absolute Gasteiger partial charge is 0.508 e. The molecule has 5 aromatic rings. The number of hydrogen-bond acceptors (Lipinski definition) is 2. The summed E-state index contributed by atoms with van der Waals surface area (Å²) in [7, 11) is 0. The number of fused-ring (bicyclic) bond motifs is 6. The number of halogens is 2. The zero-order valence-electron chi connectivity index (χ0n) is 25.1. The van der Waals surface area contributed by atoms with Gasteiger partial charge in [0.15, 0.2) is 0 Å². The number of phenols is 2. The number of rotatable bonds is 8. The fraction of sp³-hybridized carbons (Fsp3) is 0.250. The van der Waals surface area contributed by atoms with Crippen molar-refractivity contribution in [2.45, 2.75) is 63.2 Å². The van der Waals surface area contributed by atoms with Crippen molar-refractivity contribution in [2.75, 3.05) is 0 Å². The van der Waals surface area contributed by atoms with Crippen LogP contribution in [0.1, 0.15) is 85.8 Å². The number of hydrogen-bond donors (Lipinski definition) is 2. The van der Waals surface area contributed by atoms with Gasteiger partial charge in [-0.3, -0.25) is 0 Å². The zero-order chi connectivity index (χ0) is 30.6. The lowest BCUT2D eigenvalue weighted by molar-refractivity contribution is 0.414. The SMILES string of the molecule is CCCCC1(CCCC)c2cc(Br)ccc2-c2cc3c(cc21)-c1ccc(Br)cc1C3(c1ccc(O)cc1)c1ccc(O)cc1. The molecule has 0 heterocycles. The predicted molar refractivity (Wildman–Crippen MR) is 188 cm³/mol. The summed E-state index contributed by atoms with van der Waals surface area (Å²) < 4.78 is 2.15. The first-order valence-corrected chi connectivity index (χ1v) is 17.3. The molecule has 0 bridgehead atoms. The van der Waals surface area contributed by atoms with Crippen LogP contribution in [-0.2, 0) is 10.8 Å². The van der Waals surface area contributed by atoms with Gasteiger partial charge in [0.2, 0.25) is 0 Å². The van der Waals surface area contributed by atoms with Crippen LogP contribution in [0, 0.1) is 0 Å². The predicted octanol–water partition coefficient (Wildman–Crippen LogP) is 11.6. The van der Waals surface area contributed by atoms with Crippen LogP contribution in [0.15, 0.2) is 106 Å². The molecule has 0 radical (unpaired) electrons. The molecular weight excluding hydrogens is 672 g/mol. The smallest absolute Gasteiger partial charge is 0.115 e. The van der Waals surface area contributed by atoms with E-state index < -0.39 is 5.41 Å². The molecule has 2 N–H and O–H groups in total. The second-order valence-electron chi connectivity index (χ2n) is 12.5. The molecule has 0 saturated carbocycles. The van der Waals surface area contributed by atoms with Gasteiger partial charge in [0.25, 0.3) is 0 Å². The van der Waals surface area contributed by atoms with E-state index in [-0.39, 0.29) is 16.9 Å². The molecule has 5 aromatic carbocycles. The molecule has 7 rings (SSSR count). The van der Waals surface area contributed by atoms with Crippen LogP contribution >= 0.6 is 31.9 Å². The Kier molecular flexibility index (Phi) is 7.50. The Labute approximate surface area is 277 Å². The highest BCUT2D eigenvalue weighted by atomic mass is 79.9. The van der Waals surface area contributed by atoms with E-state index in [0.717, 1.165) is 32.9 Å². The fourth-order valence-corrected chi connectivity index (χ4v) is 8.81. The maximum Gasteiger partial charge on any atom is 0.115 e. The molecule has 44 heavy (non-hydrogen) atoms. The Morgan fingerprint density at radius 2 is 0.909 bits per heavy atom. The van der Waals surface area contributed by atoms with Crippen molar-refractivity contribution in [3.05, 3.63) is 139 Å². The fourth-order valence-electron chi connectivity index (χ4n) is 8.08. The molecule has 2 aliphatic carbocycles. The Balaban J connectivity index is 1.61. The van der Waals surface area contributed by atoms with Crippen molar-refractivity contribution in [3.8, 4) is 33.8 Å². The monoisotopic (exact) mass is 706 g/mol. The molecule has 0 unspecified atom stereocenters. The average molecular weight is 709 g/mol. The van der Waals surface area contributed by atoms with Gasteiger partial charge in [0, 0.05) is 14.4 Å². The summed E-state index contributed by atoms with van der Waals surface area (Å²) in [6.07, 6.45) is 6.96. The van der Waals surface area contributed by atoms with Crippen LogP contribution in [0.25, 0.3) is 22.3 Å². The van der Waals surface area contributed by atoms with E-state index >= 15 is 0 Å². The van der Waals surface area contributed by atoms with Crippen LogP contribution in [0.2, 0.25) is 0 Å². The van der Waals surface area contributed by atoms with E-state index in [1.54, 1.807) is 24.3 Å². The molecule has 0 atom stereocenters. The quantitative estimate of drug-likeness (QED) is 0.165. The molecule has 0 spiro atoms. The summed E-state index contributed by atoms with van der Waals surface area (Å²) in [6.45, 7) is 4.59. The number of aromatic hydroxyl groups is 2. The minimum Gasteiger partial charge on any atom is -0.508 e. The summed E-state index contributed by atoms with van der Waals surface area (Å²) in [5.41, 5.74) is 12.0. The van der Waals surface area contributed by atoms with Gasteiger partial charge >= 0.3 is 0 Å². The maximum absolute atomic E-state index is 10.3. The molecule has 0 aromatic heterocycles. The first kappa shape index (κ1) is 29.4. The third-order valence-electron chi connectivity index (χ3n) is 10.1. The van der Waals surface area contributed by atoms with Crippen LogP contribution in [0.5, 0.6) is 11.5 Å². The van der Waals surface area contributed by atoms with Gasteiger partial charge in [0.1, 0.15) is 11.5 Å².